The lowest BCUT2D eigenvalue weighted by Crippen LogP contribution is -2.43. The number of nitrogens with zero attached hydrogens (tertiary/aromatic N) is 5. The highest BCUT2D eigenvalue weighted by atomic mass is 35.5. The van der Waals surface area contributed by atoms with Crippen molar-refractivity contribution in [3.8, 4) is 39.4 Å². The van der Waals surface area contributed by atoms with Crippen molar-refractivity contribution in [3.63, 3.8) is 0 Å². The summed E-state index contributed by atoms with van der Waals surface area (Å²) in [6.07, 6.45) is 2.86. The van der Waals surface area contributed by atoms with Crippen LogP contribution in [0.3, 0.4) is 0 Å². The first-order valence-corrected chi connectivity index (χ1v) is 19.9. The highest BCUT2D eigenvalue weighted by Crippen LogP contribution is 2.42. The number of hydrogen-bond donors (Lipinski definition) is 3. The average molecular weight is 844 g/mol. The van der Waals surface area contributed by atoms with E-state index in [1.807, 2.05) is 42.5 Å². The number of aliphatic carboxylic acids is 1. The Morgan fingerprint density at radius 3 is 2.34 bits per heavy atom. The number of aliphatic hydroxyl groups excluding tert-OH is 1. The molecule has 0 spiro atoms. The van der Waals surface area contributed by atoms with Gasteiger partial charge in [0.1, 0.15) is 17.3 Å². The lowest BCUT2D eigenvalue weighted by molar-refractivity contribution is -0.142. The second-order valence-electron chi connectivity index (χ2n) is 15.8. The summed E-state index contributed by atoms with van der Waals surface area (Å²) < 4.78 is 12.8. The van der Waals surface area contributed by atoms with Gasteiger partial charge in [-0.2, -0.15) is 0 Å². The minimum atomic E-state index is -1.05. The summed E-state index contributed by atoms with van der Waals surface area (Å²) in [4.78, 5) is 62.8. The molecule has 14 nitrogen and oxygen atoms in total. The van der Waals surface area contributed by atoms with E-state index in [4.69, 9.17) is 37.7 Å². The van der Waals surface area contributed by atoms with Gasteiger partial charge in [0, 0.05) is 78.7 Å². The van der Waals surface area contributed by atoms with Crippen LogP contribution >= 0.6 is 23.2 Å². The molecule has 2 fully saturated rings. The first-order valence-electron chi connectivity index (χ1n) is 19.1. The molecule has 0 saturated carbocycles. The zero-order chi connectivity index (χ0) is 42.2. The summed E-state index contributed by atoms with van der Waals surface area (Å²) in [5.41, 5.74) is 4.10. The summed E-state index contributed by atoms with van der Waals surface area (Å²) in [5.74, 6) is -0.804. The largest absolute Gasteiger partial charge is 0.481 e. The van der Waals surface area contributed by atoms with Crippen LogP contribution in [0.2, 0.25) is 10.0 Å². The van der Waals surface area contributed by atoms with Gasteiger partial charge in [-0.05, 0) is 57.0 Å². The summed E-state index contributed by atoms with van der Waals surface area (Å²) in [6, 6.07) is 17.2. The Kier molecular flexibility index (Phi) is 12.0. The fraction of sp³-hybridized carbons (Fsp3) is 0.349. The van der Waals surface area contributed by atoms with Crippen LogP contribution in [0.5, 0.6) is 5.88 Å². The molecule has 3 aromatic heterocycles. The van der Waals surface area contributed by atoms with E-state index in [0.29, 0.717) is 79.1 Å². The van der Waals surface area contributed by atoms with Crippen molar-refractivity contribution in [1.82, 2.24) is 29.5 Å². The number of hydrogen-bond acceptors (Lipinski definition) is 10. The van der Waals surface area contributed by atoms with Gasteiger partial charge in [-0.25, -0.2) is 14.8 Å². The Morgan fingerprint density at radius 2 is 1.68 bits per heavy atom. The molecule has 0 radical (unpaired) electrons. The van der Waals surface area contributed by atoms with E-state index in [9.17, 15) is 29.4 Å². The van der Waals surface area contributed by atoms with Crippen LogP contribution in [0.15, 0.2) is 77.9 Å². The quantitative estimate of drug-likeness (QED) is 0.133. The highest BCUT2D eigenvalue weighted by Gasteiger charge is 2.36. The second-order valence-corrected chi connectivity index (χ2v) is 16.5. The zero-order valence-electron chi connectivity index (χ0n) is 32.9. The predicted octanol–water partition coefficient (Wildman–Crippen LogP) is 6.44. The van der Waals surface area contributed by atoms with Crippen LogP contribution in [0.25, 0.3) is 39.2 Å². The highest BCUT2D eigenvalue weighted by molar-refractivity contribution is 6.39. The molecule has 3 atom stereocenters. The van der Waals surface area contributed by atoms with Crippen molar-refractivity contribution < 1.29 is 34.1 Å². The number of rotatable bonds is 11. The van der Waals surface area contributed by atoms with Crippen molar-refractivity contribution in [1.29, 1.82) is 0 Å². The SMILES string of the molecule is COc1nc(-c2cccc(-c3cccc(-c4ccn5c(=O)c(CN6C[C@@H](O)C[C@H]6C(=O)O)cnc5c4)c3Cl)c2Cl)ccc1CN(C[C@@H]1CCC(=O)N1)C(=O)OC(C)(C)C. The van der Waals surface area contributed by atoms with Gasteiger partial charge in [0.05, 0.1) is 41.1 Å². The van der Waals surface area contributed by atoms with Gasteiger partial charge in [-0.1, -0.05) is 59.6 Å². The third-order valence-electron chi connectivity index (χ3n) is 10.4. The molecule has 59 heavy (non-hydrogen) atoms. The normalized spacial score (nSPS) is 18.2. The molecule has 2 saturated heterocycles. The fourth-order valence-corrected chi connectivity index (χ4v) is 8.21. The van der Waals surface area contributed by atoms with Crippen LogP contribution in [0, 0.1) is 0 Å². The van der Waals surface area contributed by atoms with Crippen LogP contribution in [-0.4, -0.2) is 96.3 Å². The summed E-state index contributed by atoms with van der Waals surface area (Å²) >= 11 is 14.3. The van der Waals surface area contributed by atoms with Crippen LogP contribution in [0.4, 0.5) is 4.79 Å². The number of ether oxygens (including phenoxy) is 2. The zero-order valence-corrected chi connectivity index (χ0v) is 34.5. The van der Waals surface area contributed by atoms with Gasteiger partial charge in [-0.15, -0.1) is 0 Å². The molecule has 2 aliphatic heterocycles. The molecule has 3 N–H and O–H groups in total. The third-order valence-corrected chi connectivity index (χ3v) is 11.2. The smallest absolute Gasteiger partial charge is 0.410 e. The van der Waals surface area contributed by atoms with Crippen LogP contribution < -0.4 is 15.6 Å². The van der Waals surface area contributed by atoms with Crippen molar-refractivity contribution in [2.45, 2.75) is 76.9 Å². The Labute approximate surface area is 350 Å². The number of aliphatic hydroxyl groups is 1. The van der Waals surface area contributed by atoms with Gasteiger partial charge in [0.2, 0.25) is 11.8 Å². The third kappa shape index (κ3) is 9.05. The second kappa shape index (κ2) is 17.0. The molecule has 2 aliphatic rings. The number of carboxylic acid groups (broad SMARTS) is 1. The number of carbonyl (C=O) groups excluding carboxylic acids is 2. The number of pyridine rings is 2. The maximum atomic E-state index is 13.5. The van der Waals surface area contributed by atoms with E-state index in [1.165, 1.54) is 17.7 Å². The minimum absolute atomic E-state index is 0.0414. The molecule has 2 amide bonds. The van der Waals surface area contributed by atoms with Gasteiger partial charge in [0.25, 0.3) is 5.56 Å². The van der Waals surface area contributed by atoms with E-state index in [0.717, 1.165) is 0 Å². The van der Waals surface area contributed by atoms with Crippen LogP contribution in [0.1, 0.15) is 51.2 Å². The number of aromatic nitrogens is 3. The standard InChI is InChI=1S/C43H44Cl2N6O8/c1-43(2,3)59-42(57)50(22-27-12-14-36(53)47-27)20-25-11-13-33(48-39(25)58-4)32-10-6-9-31(38(32)45)30-8-5-7-29(37(30)44)24-15-16-51-35(17-24)46-19-26(40(51)54)21-49-23-28(52)18-34(49)41(55)56/h5-11,13,15-17,19,27-28,34,52H,12,14,18,20-23H2,1-4H3,(H,47,53)(H,55,56)/t27-,28-,34-/m0/s1. The van der Waals surface area contributed by atoms with E-state index >= 15 is 0 Å². The Balaban J connectivity index is 1.15. The lowest BCUT2D eigenvalue weighted by atomic mass is 9.97. The first-order chi connectivity index (χ1) is 28.1. The number of carboxylic acids is 1. The van der Waals surface area contributed by atoms with E-state index in [-0.39, 0.29) is 50.1 Å². The van der Waals surface area contributed by atoms with E-state index in [1.54, 1.807) is 55.0 Å². The number of amides is 2. The molecule has 5 heterocycles. The van der Waals surface area contributed by atoms with Gasteiger partial charge >= 0.3 is 12.1 Å². The number of β-amino-alcohol motifs (C(OH)–C–C–N with tert-alkyl or cyclic N) is 1. The Morgan fingerprint density at radius 1 is 0.983 bits per heavy atom. The molecule has 308 valence electrons. The minimum Gasteiger partial charge on any atom is -0.481 e. The number of fused-ring (bicyclic) bond motifs is 1. The molecule has 16 heteroatoms. The van der Waals surface area contributed by atoms with E-state index in [2.05, 4.69) is 10.3 Å². The fourth-order valence-electron chi connectivity index (χ4n) is 7.55. The first kappa shape index (κ1) is 41.6. The number of nitrogens with one attached hydrogen (secondary N) is 1. The lowest BCUT2D eigenvalue weighted by Gasteiger charge is -2.29. The van der Waals surface area contributed by atoms with Crippen LogP contribution in [-0.2, 0) is 27.4 Å². The maximum absolute atomic E-state index is 13.5. The topological polar surface area (TPSA) is 176 Å². The Bertz CT molecular complexity index is 2510. The van der Waals surface area contributed by atoms with Crippen molar-refractivity contribution in [3.05, 3.63) is 105 Å². The molecule has 2 aromatic carbocycles. The molecular weight excluding hydrogens is 799 g/mol. The molecule has 0 aliphatic carbocycles. The monoisotopic (exact) mass is 842 g/mol. The predicted molar refractivity (Wildman–Crippen MR) is 222 cm³/mol. The van der Waals surface area contributed by atoms with Crippen molar-refractivity contribution >= 4 is 46.8 Å². The number of carbonyl (C=O) groups is 3. The maximum Gasteiger partial charge on any atom is 0.410 e. The number of halogens is 2. The van der Waals surface area contributed by atoms with Crippen molar-refractivity contribution in [2.75, 3.05) is 20.2 Å². The Hall–Kier alpha value is -5.54. The summed E-state index contributed by atoms with van der Waals surface area (Å²) in [5, 5.41) is 23.4. The van der Waals surface area contributed by atoms with Gasteiger partial charge < -0.3 is 29.9 Å². The molecule has 7 rings (SSSR count). The molecule has 0 unspecified atom stereocenters. The summed E-state index contributed by atoms with van der Waals surface area (Å²) in [7, 11) is 1.50. The summed E-state index contributed by atoms with van der Waals surface area (Å²) in [6.45, 7) is 5.97. The molecule has 0 bridgehead atoms. The molecule has 5 aromatic rings. The number of methoxy groups -OCH3 is 1. The van der Waals surface area contributed by atoms with Gasteiger partial charge in [-0.3, -0.25) is 23.7 Å². The average Bonchev–Trinajstić information content (AvgIpc) is 3.79. The number of benzene rings is 2. The van der Waals surface area contributed by atoms with Gasteiger partial charge in [0.15, 0.2) is 0 Å². The van der Waals surface area contributed by atoms with E-state index < -0.39 is 29.8 Å². The number of likely N-dealkylation sites (tertiary alicyclic amines) is 1. The van der Waals surface area contributed by atoms with Crippen molar-refractivity contribution in [2.24, 2.45) is 0 Å². The molecular formula is C43H44Cl2N6O8.